The quantitative estimate of drug-likeness (QED) is 0.709. The van der Waals surface area contributed by atoms with Gasteiger partial charge in [-0.2, -0.15) is 0 Å². The van der Waals surface area contributed by atoms with Gasteiger partial charge in [-0.1, -0.05) is 25.0 Å². The lowest BCUT2D eigenvalue weighted by atomic mass is 9.97. The van der Waals surface area contributed by atoms with E-state index in [0.717, 1.165) is 22.2 Å². The second kappa shape index (κ2) is 7.60. The fraction of sp³-hybridized carbons (Fsp3) is 0.333. The number of nitrogens with one attached hydrogen (secondary N) is 2. The molecule has 0 saturated heterocycles. The molecule has 3 aromatic rings. The van der Waals surface area contributed by atoms with E-state index in [1.54, 1.807) is 12.4 Å². The molecule has 0 atom stereocenters. The van der Waals surface area contributed by atoms with Crippen molar-refractivity contribution >= 4 is 16.8 Å². The third-order valence-electron chi connectivity index (χ3n) is 5.06. The van der Waals surface area contributed by atoms with Crippen LogP contribution in [0.2, 0.25) is 0 Å². The normalized spacial score (nSPS) is 14.6. The summed E-state index contributed by atoms with van der Waals surface area (Å²) in [6.07, 6.45) is 10.6. The van der Waals surface area contributed by atoms with Gasteiger partial charge in [0.15, 0.2) is 6.61 Å². The van der Waals surface area contributed by atoms with Crippen molar-refractivity contribution in [3.05, 3.63) is 60.0 Å². The molecular weight excluding hydrogens is 326 g/mol. The highest BCUT2D eigenvalue weighted by molar-refractivity contribution is 5.90. The molecule has 0 radical (unpaired) electrons. The van der Waals surface area contributed by atoms with Gasteiger partial charge in [-0.25, -0.2) is 0 Å². The van der Waals surface area contributed by atoms with Crippen LogP contribution in [-0.2, 0) is 11.3 Å². The molecule has 0 spiro atoms. The molecule has 2 aromatic heterocycles. The molecule has 5 nitrogen and oxygen atoms in total. The van der Waals surface area contributed by atoms with Crippen molar-refractivity contribution in [2.45, 2.75) is 38.1 Å². The van der Waals surface area contributed by atoms with Crippen LogP contribution >= 0.6 is 0 Å². The molecule has 134 valence electrons. The maximum absolute atomic E-state index is 12.1. The summed E-state index contributed by atoms with van der Waals surface area (Å²) in [6.45, 7) is 0.465. The van der Waals surface area contributed by atoms with Gasteiger partial charge in [0.25, 0.3) is 5.91 Å². The second-order valence-electron chi connectivity index (χ2n) is 6.83. The van der Waals surface area contributed by atoms with Gasteiger partial charge in [0.2, 0.25) is 0 Å². The van der Waals surface area contributed by atoms with Crippen LogP contribution in [0.1, 0.15) is 42.7 Å². The number of carbonyl (C=O) groups is 1. The Kier molecular flexibility index (Phi) is 4.86. The molecule has 1 amide bonds. The SMILES string of the molecule is O=C(COc1cccc2[nH]cc(C3CCCC3)c12)NCc1cccnc1. The van der Waals surface area contributed by atoms with Crippen LogP contribution < -0.4 is 10.1 Å². The Morgan fingerprint density at radius 3 is 2.92 bits per heavy atom. The Morgan fingerprint density at radius 2 is 2.12 bits per heavy atom. The first-order chi connectivity index (χ1) is 12.8. The lowest BCUT2D eigenvalue weighted by Crippen LogP contribution is -2.28. The topological polar surface area (TPSA) is 67.0 Å². The van der Waals surface area contributed by atoms with Gasteiger partial charge in [0.1, 0.15) is 5.75 Å². The molecule has 5 heteroatoms. The molecule has 0 bridgehead atoms. The van der Waals surface area contributed by atoms with E-state index < -0.39 is 0 Å². The minimum atomic E-state index is -0.135. The number of aromatic nitrogens is 2. The Morgan fingerprint density at radius 1 is 1.23 bits per heavy atom. The van der Waals surface area contributed by atoms with Gasteiger partial charge >= 0.3 is 0 Å². The first kappa shape index (κ1) is 16.6. The highest BCUT2D eigenvalue weighted by Gasteiger charge is 2.22. The van der Waals surface area contributed by atoms with Crippen LogP contribution in [-0.4, -0.2) is 22.5 Å². The summed E-state index contributed by atoms with van der Waals surface area (Å²) in [7, 11) is 0. The van der Waals surface area contributed by atoms with E-state index >= 15 is 0 Å². The second-order valence-corrected chi connectivity index (χ2v) is 6.83. The highest BCUT2D eigenvalue weighted by Crippen LogP contribution is 2.40. The summed E-state index contributed by atoms with van der Waals surface area (Å²) in [5, 5.41) is 3.99. The maximum Gasteiger partial charge on any atom is 0.258 e. The van der Waals surface area contributed by atoms with Crippen LogP contribution in [0.25, 0.3) is 10.9 Å². The van der Waals surface area contributed by atoms with Crippen LogP contribution in [0, 0.1) is 0 Å². The molecule has 26 heavy (non-hydrogen) atoms. The number of amides is 1. The number of H-pyrrole nitrogens is 1. The number of nitrogens with zero attached hydrogens (tertiary/aromatic N) is 1. The number of carbonyl (C=O) groups excluding carboxylic acids is 1. The number of pyridine rings is 1. The molecule has 2 N–H and O–H groups in total. The van der Waals surface area contributed by atoms with Gasteiger partial charge < -0.3 is 15.0 Å². The monoisotopic (exact) mass is 349 g/mol. The zero-order chi connectivity index (χ0) is 17.8. The number of hydrogen-bond donors (Lipinski definition) is 2. The summed E-state index contributed by atoms with van der Waals surface area (Å²) in [6, 6.07) is 9.75. The van der Waals surface area contributed by atoms with Crippen molar-refractivity contribution in [1.29, 1.82) is 0 Å². The molecule has 1 fully saturated rings. The first-order valence-electron chi connectivity index (χ1n) is 9.19. The van der Waals surface area contributed by atoms with Crippen LogP contribution in [0.3, 0.4) is 0 Å². The van der Waals surface area contributed by atoms with Gasteiger partial charge in [-0.15, -0.1) is 0 Å². The van der Waals surface area contributed by atoms with Crippen molar-refractivity contribution in [2.24, 2.45) is 0 Å². The summed E-state index contributed by atoms with van der Waals surface area (Å²) in [5.74, 6) is 1.24. The molecule has 1 aromatic carbocycles. The molecule has 1 aliphatic rings. The van der Waals surface area contributed by atoms with Gasteiger partial charge in [-0.05, 0) is 48.1 Å². The highest BCUT2D eigenvalue weighted by atomic mass is 16.5. The third kappa shape index (κ3) is 3.57. The van der Waals surface area contributed by atoms with Crippen molar-refractivity contribution in [1.82, 2.24) is 15.3 Å². The largest absolute Gasteiger partial charge is 0.483 e. The van der Waals surface area contributed by atoms with Crippen molar-refractivity contribution in [3.63, 3.8) is 0 Å². The van der Waals surface area contributed by atoms with E-state index in [0.29, 0.717) is 12.5 Å². The average Bonchev–Trinajstić information content (AvgIpc) is 3.35. The zero-order valence-corrected chi connectivity index (χ0v) is 14.7. The molecule has 1 saturated carbocycles. The number of hydrogen-bond acceptors (Lipinski definition) is 3. The molecule has 2 heterocycles. The minimum Gasteiger partial charge on any atom is -0.483 e. The Hall–Kier alpha value is -2.82. The fourth-order valence-electron chi connectivity index (χ4n) is 3.75. The number of ether oxygens (including phenoxy) is 1. The average molecular weight is 349 g/mol. The van der Waals surface area contributed by atoms with Crippen molar-refractivity contribution in [3.8, 4) is 5.75 Å². The summed E-state index contributed by atoms with van der Waals surface area (Å²) >= 11 is 0. The summed E-state index contributed by atoms with van der Waals surface area (Å²) in [5.41, 5.74) is 3.36. The molecule has 1 aliphatic carbocycles. The summed E-state index contributed by atoms with van der Waals surface area (Å²) < 4.78 is 5.88. The van der Waals surface area contributed by atoms with Crippen LogP contribution in [0.15, 0.2) is 48.9 Å². The standard InChI is InChI=1S/C21H23N3O2/c25-20(24-12-15-5-4-10-22-11-15)14-26-19-9-3-8-18-21(19)17(13-23-18)16-6-1-2-7-16/h3-5,8-11,13,16,23H,1-2,6-7,12,14H2,(H,24,25). The summed E-state index contributed by atoms with van der Waals surface area (Å²) in [4.78, 5) is 19.5. The molecule has 0 aliphatic heterocycles. The number of aromatic amines is 1. The Bertz CT molecular complexity index is 883. The Labute approximate surface area is 152 Å². The molecule has 4 rings (SSSR count). The lowest BCUT2D eigenvalue weighted by molar-refractivity contribution is -0.123. The van der Waals surface area contributed by atoms with Crippen molar-refractivity contribution in [2.75, 3.05) is 6.61 Å². The lowest BCUT2D eigenvalue weighted by Gasteiger charge is -2.12. The predicted molar refractivity (Wildman–Crippen MR) is 101 cm³/mol. The van der Waals surface area contributed by atoms with Gasteiger partial charge in [0.05, 0.1) is 0 Å². The maximum atomic E-state index is 12.1. The number of fused-ring (bicyclic) bond motifs is 1. The molecular formula is C21H23N3O2. The van der Waals surface area contributed by atoms with E-state index in [2.05, 4.69) is 27.5 Å². The van der Waals surface area contributed by atoms with E-state index in [1.165, 1.54) is 31.2 Å². The molecule has 0 unspecified atom stereocenters. The first-order valence-corrected chi connectivity index (χ1v) is 9.19. The van der Waals surface area contributed by atoms with E-state index in [1.807, 2.05) is 24.3 Å². The predicted octanol–water partition coefficient (Wildman–Crippen LogP) is 3.92. The smallest absolute Gasteiger partial charge is 0.258 e. The third-order valence-corrected chi connectivity index (χ3v) is 5.06. The zero-order valence-electron chi connectivity index (χ0n) is 14.7. The van der Waals surface area contributed by atoms with Crippen LogP contribution in [0.4, 0.5) is 0 Å². The van der Waals surface area contributed by atoms with Crippen LogP contribution in [0.5, 0.6) is 5.75 Å². The van der Waals surface area contributed by atoms with E-state index in [4.69, 9.17) is 4.74 Å². The fourth-order valence-corrected chi connectivity index (χ4v) is 3.75. The minimum absolute atomic E-state index is 0.00859. The number of rotatable bonds is 6. The van der Waals surface area contributed by atoms with E-state index in [9.17, 15) is 4.79 Å². The van der Waals surface area contributed by atoms with Gasteiger partial charge in [0, 0.05) is 36.0 Å². The van der Waals surface area contributed by atoms with Gasteiger partial charge in [-0.3, -0.25) is 9.78 Å². The Balaban J connectivity index is 1.43. The van der Waals surface area contributed by atoms with E-state index in [-0.39, 0.29) is 12.5 Å². The number of benzene rings is 1. The van der Waals surface area contributed by atoms with Crippen molar-refractivity contribution < 1.29 is 9.53 Å².